The van der Waals surface area contributed by atoms with Gasteiger partial charge in [-0.1, -0.05) is 6.42 Å². The van der Waals surface area contributed by atoms with Crippen molar-refractivity contribution in [2.24, 2.45) is 11.7 Å². The third kappa shape index (κ3) is 3.19. The molecule has 0 radical (unpaired) electrons. The summed E-state index contributed by atoms with van der Waals surface area (Å²) in [7, 11) is 0. The van der Waals surface area contributed by atoms with Crippen molar-refractivity contribution in [3.8, 4) is 0 Å². The highest BCUT2D eigenvalue weighted by atomic mass is 16.5. The van der Waals surface area contributed by atoms with E-state index in [0.29, 0.717) is 18.2 Å². The summed E-state index contributed by atoms with van der Waals surface area (Å²) in [5, 5.41) is 0. The van der Waals surface area contributed by atoms with Crippen LogP contribution in [0.15, 0.2) is 0 Å². The van der Waals surface area contributed by atoms with Crippen molar-refractivity contribution in [3.63, 3.8) is 0 Å². The molecule has 0 aromatic rings. The molecular weight excluding hydrogens is 200 g/mol. The number of rotatable bonds is 3. The highest BCUT2D eigenvalue weighted by molar-refractivity contribution is 4.82. The lowest BCUT2D eigenvalue weighted by Crippen LogP contribution is -2.46. The standard InChI is InChI=1S/C13H26N2O/c1-10-8-15(9-11(2)16-10)7-6-12-4-3-5-13(12)14/h10-13H,3-9,14H2,1-2H3. The molecule has 0 aromatic carbocycles. The summed E-state index contributed by atoms with van der Waals surface area (Å²) in [6, 6.07) is 0.468. The summed E-state index contributed by atoms with van der Waals surface area (Å²) in [5.74, 6) is 0.772. The second-order valence-electron chi connectivity index (χ2n) is 5.66. The first-order valence-corrected chi connectivity index (χ1v) is 6.78. The van der Waals surface area contributed by atoms with Crippen LogP contribution in [0, 0.1) is 5.92 Å². The van der Waals surface area contributed by atoms with E-state index in [1.807, 2.05) is 0 Å². The fraction of sp³-hybridized carbons (Fsp3) is 1.00. The van der Waals surface area contributed by atoms with E-state index in [4.69, 9.17) is 10.5 Å². The quantitative estimate of drug-likeness (QED) is 0.794. The van der Waals surface area contributed by atoms with Gasteiger partial charge < -0.3 is 10.5 Å². The Bertz CT molecular complexity index is 212. The van der Waals surface area contributed by atoms with E-state index < -0.39 is 0 Å². The normalized spacial score (nSPS) is 41.4. The molecule has 4 unspecified atom stereocenters. The lowest BCUT2D eigenvalue weighted by atomic mass is 10.00. The van der Waals surface area contributed by atoms with Gasteiger partial charge in [0.1, 0.15) is 0 Å². The van der Waals surface area contributed by atoms with Gasteiger partial charge in [0.2, 0.25) is 0 Å². The summed E-state index contributed by atoms with van der Waals surface area (Å²) in [4.78, 5) is 2.55. The summed E-state index contributed by atoms with van der Waals surface area (Å²) >= 11 is 0. The number of ether oxygens (including phenoxy) is 1. The molecule has 0 bridgehead atoms. The smallest absolute Gasteiger partial charge is 0.0678 e. The Labute approximate surface area is 99.3 Å². The lowest BCUT2D eigenvalue weighted by molar-refractivity contribution is -0.0689. The van der Waals surface area contributed by atoms with Gasteiger partial charge in [0.15, 0.2) is 0 Å². The summed E-state index contributed by atoms with van der Waals surface area (Å²) < 4.78 is 5.74. The van der Waals surface area contributed by atoms with E-state index in [9.17, 15) is 0 Å². The number of nitrogens with zero attached hydrogens (tertiary/aromatic N) is 1. The minimum absolute atomic E-state index is 0.390. The van der Waals surface area contributed by atoms with Gasteiger partial charge in [0.25, 0.3) is 0 Å². The molecule has 3 heteroatoms. The number of nitrogens with two attached hydrogens (primary N) is 1. The largest absolute Gasteiger partial charge is 0.373 e. The number of hydrogen-bond acceptors (Lipinski definition) is 3. The average Bonchev–Trinajstić information content (AvgIpc) is 2.59. The van der Waals surface area contributed by atoms with Crippen LogP contribution in [0.4, 0.5) is 0 Å². The van der Waals surface area contributed by atoms with Crippen molar-refractivity contribution >= 4 is 0 Å². The summed E-state index contributed by atoms with van der Waals surface area (Å²) in [6.07, 6.45) is 5.97. The third-order valence-corrected chi connectivity index (χ3v) is 4.03. The molecule has 4 atom stereocenters. The summed E-state index contributed by atoms with van der Waals surface area (Å²) in [5.41, 5.74) is 6.11. The van der Waals surface area contributed by atoms with Crippen molar-refractivity contribution in [1.82, 2.24) is 4.90 Å². The van der Waals surface area contributed by atoms with Crippen LogP contribution in [-0.2, 0) is 4.74 Å². The Morgan fingerprint density at radius 1 is 1.19 bits per heavy atom. The topological polar surface area (TPSA) is 38.5 Å². The minimum Gasteiger partial charge on any atom is -0.373 e. The maximum Gasteiger partial charge on any atom is 0.0678 e. The van der Waals surface area contributed by atoms with Crippen molar-refractivity contribution in [1.29, 1.82) is 0 Å². The molecule has 1 heterocycles. The van der Waals surface area contributed by atoms with Gasteiger partial charge in [-0.05, 0) is 45.6 Å². The highest BCUT2D eigenvalue weighted by Gasteiger charge is 2.26. The monoisotopic (exact) mass is 226 g/mol. The molecule has 2 fully saturated rings. The second kappa shape index (κ2) is 5.48. The molecule has 2 N–H and O–H groups in total. The SMILES string of the molecule is CC1CN(CCC2CCCC2N)CC(C)O1. The molecule has 0 spiro atoms. The first kappa shape index (κ1) is 12.3. The molecule has 0 aromatic heterocycles. The van der Waals surface area contributed by atoms with Crippen molar-refractivity contribution in [2.45, 2.75) is 57.8 Å². The van der Waals surface area contributed by atoms with E-state index in [0.717, 1.165) is 19.0 Å². The highest BCUT2D eigenvalue weighted by Crippen LogP contribution is 2.27. The van der Waals surface area contributed by atoms with E-state index in [1.54, 1.807) is 0 Å². The Morgan fingerprint density at radius 3 is 2.44 bits per heavy atom. The fourth-order valence-corrected chi connectivity index (χ4v) is 3.24. The van der Waals surface area contributed by atoms with Crippen LogP contribution in [0.25, 0.3) is 0 Å². The lowest BCUT2D eigenvalue weighted by Gasteiger charge is -2.36. The van der Waals surface area contributed by atoms with Gasteiger partial charge in [-0.3, -0.25) is 4.90 Å². The molecule has 16 heavy (non-hydrogen) atoms. The third-order valence-electron chi connectivity index (χ3n) is 4.03. The van der Waals surface area contributed by atoms with Crippen LogP contribution in [-0.4, -0.2) is 42.8 Å². The average molecular weight is 226 g/mol. The fourth-order valence-electron chi connectivity index (χ4n) is 3.24. The maximum atomic E-state index is 6.11. The predicted octanol–water partition coefficient (Wildman–Crippen LogP) is 1.61. The van der Waals surface area contributed by atoms with Crippen LogP contribution < -0.4 is 5.73 Å². The Hall–Kier alpha value is -0.120. The molecule has 1 aliphatic heterocycles. The van der Waals surface area contributed by atoms with Gasteiger partial charge in [-0.2, -0.15) is 0 Å². The Balaban J connectivity index is 1.72. The predicted molar refractivity (Wildman–Crippen MR) is 66.4 cm³/mol. The molecule has 3 nitrogen and oxygen atoms in total. The van der Waals surface area contributed by atoms with Crippen molar-refractivity contribution in [2.75, 3.05) is 19.6 Å². The van der Waals surface area contributed by atoms with Gasteiger partial charge in [-0.15, -0.1) is 0 Å². The van der Waals surface area contributed by atoms with Gasteiger partial charge in [0, 0.05) is 19.1 Å². The first-order chi connectivity index (χ1) is 7.65. The van der Waals surface area contributed by atoms with Crippen LogP contribution in [0.3, 0.4) is 0 Å². The summed E-state index contributed by atoms with van der Waals surface area (Å²) in [6.45, 7) is 7.73. The Morgan fingerprint density at radius 2 is 1.88 bits per heavy atom. The molecule has 1 aliphatic carbocycles. The molecule has 94 valence electrons. The van der Waals surface area contributed by atoms with Crippen LogP contribution in [0.5, 0.6) is 0 Å². The van der Waals surface area contributed by atoms with Gasteiger partial charge in [0.05, 0.1) is 12.2 Å². The van der Waals surface area contributed by atoms with Crippen LogP contribution in [0.2, 0.25) is 0 Å². The van der Waals surface area contributed by atoms with E-state index in [-0.39, 0.29) is 0 Å². The van der Waals surface area contributed by atoms with Crippen LogP contribution in [0.1, 0.15) is 39.5 Å². The van der Waals surface area contributed by atoms with Crippen LogP contribution >= 0.6 is 0 Å². The molecule has 0 amide bonds. The van der Waals surface area contributed by atoms with E-state index in [2.05, 4.69) is 18.7 Å². The molecule has 2 aliphatic rings. The molecule has 1 saturated heterocycles. The number of morpholine rings is 1. The van der Waals surface area contributed by atoms with Crippen molar-refractivity contribution < 1.29 is 4.74 Å². The molecule has 2 rings (SSSR count). The van der Waals surface area contributed by atoms with Gasteiger partial charge in [-0.25, -0.2) is 0 Å². The number of hydrogen-bond donors (Lipinski definition) is 1. The molecular formula is C13H26N2O. The molecule has 1 saturated carbocycles. The van der Waals surface area contributed by atoms with Crippen molar-refractivity contribution in [3.05, 3.63) is 0 Å². The first-order valence-electron chi connectivity index (χ1n) is 6.78. The van der Waals surface area contributed by atoms with E-state index in [1.165, 1.54) is 32.2 Å². The zero-order valence-electron chi connectivity index (χ0n) is 10.7. The second-order valence-corrected chi connectivity index (χ2v) is 5.66. The van der Waals surface area contributed by atoms with E-state index >= 15 is 0 Å². The zero-order chi connectivity index (χ0) is 11.5. The van der Waals surface area contributed by atoms with Gasteiger partial charge >= 0.3 is 0 Å². The zero-order valence-corrected chi connectivity index (χ0v) is 10.7. The Kier molecular flexibility index (Phi) is 4.22. The maximum absolute atomic E-state index is 6.11. The minimum atomic E-state index is 0.390.